The zero-order chi connectivity index (χ0) is 17.4. The zero-order valence-electron chi connectivity index (χ0n) is 14.0. The fourth-order valence-corrected chi connectivity index (χ4v) is 4.79. The highest BCUT2D eigenvalue weighted by Crippen LogP contribution is 2.37. The summed E-state index contributed by atoms with van der Waals surface area (Å²) < 4.78 is 3.56. The molecule has 3 aromatic rings. The van der Waals surface area contributed by atoms with Crippen molar-refractivity contribution >= 4 is 39.4 Å². The highest BCUT2D eigenvalue weighted by molar-refractivity contribution is 14.1. The van der Waals surface area contributed by atoms with Gasteiger partial charge >= 0.3 is 0 Å². The summed E-state index contributed by atoms with van der Waals surface area (Å²) in [6.07, 6.45) is 0. The maximum absolute atomic E-state index is 4.55. The van der Waals surface area contributed by atoms with Crippen molar-refractivity contribution in [2.45, 2.75) is 19.2 Å². The third-order valence-corrected chi connectivity index (χ3v) is 6.17. The van der Waals surface area contributed by atoms with Crippen molar-refractivity contribution in [3.8, 4) is 5.69 Å². The summed E-state index contributed by atoms with van der Waals surface area (Å²) in [5.41, 5.74) is 9.46. The number of benzene rings is 2. The Hall–Kier alpha value is -1.73. The first kappa shape index (κ1) is 16.7. The van der Waals surface area contributed by atoms with Crippen molar-refractivity contribution in [2.75, 3.05) is 0 Å². The van der Waals surface area contributed by atoms with Crippen molar-refractivity contribution in [3.63, 3.8) is 0 Å². The fourth-order valence-electron chi connectivity index (χ4n) is 3.19. The summed E-state index contributed by atoms with van der Waals surface area (Å²) in [5.74, 6) is 0. The monoisotopic (exact) mass is 459 g/mol. The van der Waals surface area contributed by atoms with E-state index < -0.39 is 0 Å². The maximum Gasteiger partial charge on any atom is 0.126 e. The normalized spacial score (nSPS) is 16.6. The first-order valence-corrected chi connectivity index (χ1v) is 10.1. The van der Waals surface area contributed by atoms with Crippen LogP contribution in [0.1, 0.15) is 27.9 Å². The number of hydrazone groups is 1. The molecule has 0 aliphatic carbocycles. The molecule has 0 fully saturated rings. The summed E-state index contributed by atoms with van der Waals surface area (Å²) in [6.45, 7) is 4.35. The predicted octanol–water partition coefficient (Wildman–Crippen LogP) is 5.40. The van der Waals surface area contributed by atoms with Gasteiger partial charge in [0.2, 0.25) is 0 Å². The van der Waals surface area contributed by atoms with E-state index in [9.17, 15) is 0 Å². The highest BCUT2D eigenvalue weighted by atomic mass is 127. The van der Waals surface area contributed by atoms with Gasteiger partial charge in [-0.1, -0.05) is 48.2 Å². The molecule has 1 aliphatic rings. The smallest absolute Gasteiger partial charge is 0.126 e. The minimum Gasteiger partial charge on any atom is -0.318 e. The number of nitrogens with one attached hydrogen (secondary N) is 1. The Bertz CT molecular complexity index is 947. The van der Waals surface area contributed by atoms with E-state index >= 15 is 0 Å². The van der Waals surface area contributed by atoms with Crippen LogP contribution < -0.4 is 5.43 Å². The van der Waals surface area contributed by atoms with Crippen LogP contribution in [0.2, 0.25) is 0 Å². The lowest BCUT2D eigenvalue weighted by atomic mass is 10.2. The second-order valence-electron chi connectivity index (χ2n) is 6.05. The number of halogens is 1. The van der Waals surface area contributed by atoms with Gasteiger partial charge in [0, 0.05) is 31.8 Å². The second kappa shape index (κ2) is 6.88. The SMILES string of the molecule is Cc1cc([C@H]2NN=C(c3ccccc3)S2)c(C)n1-c1cccc(I)c1. The Morgan fingerprint density at radius 3 is 2.60 bits per heavy atom. The quantitative estimate of drug-likeness (QED) is 0.532. The highest BCUT2D eigenvalue weighted by Gasteiger charge is 2.26. The third-order valence-electron chi connectivity index (χ3n) is 4.35. The largest absolute Gasteiger partial charge is 0.318 e. The molecule has 4 rings (SSSR count). The molecule has 25 heavy (non-hydrogen) atoms. The summed E-state index contributed by atoms with van der Waals surface area (Å²) in [7, 11) is 0. The van der Waals surface area contributed by atoms with E-state index in [-0.39, 0.29) is 5.37 Å². The van der Waals surface area contributed by atoms with Crippen molar-refractivity contribution in [1.29, 1.82) is 0 Å². The Labute approximate surface area is 165 Å². The molecule has 1 aromatic heterocycles. The minimum absolute atomic E-state index is 0.151. The van der Waals surface area contributed by atoms with E-state index in [1.807, 2.05) is 6.07 Å². The molecular weight excluding hydrogens is 441 g/mol. The summed E-state index contributed by atoms with van der Waals surface area (Å²) in [6, 6.07) is 21.2. The molecule has 0 radical (unpaired) electrons. The van der Waals surface area contributed by atoms with Crippen molar-refractivity contribution in [3.05, 3.63) is 86.7 Å². The van der Waals surface area contributed by atoms with E-state index in [1.165, 1.54) is 26.2 Å². The maximum atomic E-state index is 4.55. The van der Waals surface area contributed by atoms with Gasteiger partial charge in [-0.3, -0.25) is 5.43 Å². The van der Waals surface area contributed by atoms with E-state index in [0.29, 0.717) is 0 Å². The number of aryl methyl sites for hydroxylation is 1. The molecule has 126 valence electrons. The molecule has 5 heteroatoms. The molecule has 3 nitrogen and oxygen atoms in total. The van der Waals surface area contributed by atoms with Crippen LogP contribution in [0.3, 0.4) is 0 Å². The molecular formula is C20H18IN3S. The second-order valence-corrected chi connectivity index (χ2v) is 8.39. The summed E-state index contributed by atoms with van der Waals surface area (Å²) >= 11 is 4.14. The van der Waals surface area contributed by atoms with Crippen molar-refractivity contribution < 1.29 is 0 Å². The number of aromatic nitrogens is 1. The van der Waals surface area contributed by atoms with Crippen LogP contribution in [0, 0.1) is 17.4 Å². The first-order valence-electron chi connectivity index (χ1n) is 8.13. The van der Waals surface area contributed by atoms with Crippen LogP contribution >= 0.6 is 34.4 Å². The lowest BCUT2D eigenvalue weighted by Gasteiger charge is -2.13. The molecule has 0 saturated heterocycles. The molecule has 0 unspecified atom stereocenters. The Balaban J connectivity index is 1.64. The van der Waals surface area contributed by atoms with Crippen LogP contribution in [-0.2, 0) is 0 Å². The fraction of sp³-hybridized carbons (Fsp3) is 0.150. The Morgan fingerprint density at radius 2 is 1.84 bits per heavy atom. The molecule has 1 aliphatic heterocycles. The molecule has 2 heterocycles. The average molecular weight is 459 g/mol. The van der Waals surface area contributed by atoms with Crippen LogP contribution in [0.25, 0.3) is 5.69 Å². The molecule has 1 N–H and O–H groups in total. The zero-order valence-corrected chi connectivity index (χ0v) is 17.0. The van der Waals surface area contributed by atoms with Gasteiger partial charge in [0.1, 0.15) is 10.4 Å². The topological polar surface area (TPSA) is 29.3 Å². The molecule has 0 bridgehead atoms. The Kier molecular flexibility index (Phi) is 4.60. The molecule has 0 saturated carbocycles. The number of nitrogens with zero attached hydrogens (tertiary/aromatic N) is 2. The van der Waals surface area contributed by atoms with E-state index in [1.54, 1.807) is 11.8 Å². The van der Waals surface area contributed by atoms with Gasteiger partial charge in [-0.05, 0) is 60.7 Å². The van der Waals surface area contributed by atoms with Crippen LogP contribution in [0.4, 0.5) is 0 Å². The number of rotatable bonds is 3. The van der Waals surface area contributed by atoms with Crippen LogP contribution in [0.15, 0.2) is 65.8 Å². The van der Waals surface area contributed by atoms with E-state index in [2.05, 4.69) is 106 Å². The number of hydrogen-bond acceptors (Lipinski definition) is 3. The standard InChI is InChI=1S/C20H18IN3S/c1-13-11-18(14(2)24(13)17-10-6-9-16(21)12-17)20-23-22-19(25-20)15-7-4-3-5-8-15/h3-12,20,23H,1-2H3/t20-/m0/s1. The van der Waals surface area contributed by atoms with Gasteiger partial charge in [-0.15, -0.1) is 0 Å². The van der Waals surface area contributed by atoms with E-state index in [4.69, 9.17) is 0 Å². The van der Waals surface area contributed by atoms with Crippen LogP contribution in [0.5, 0.6) is 0 Å². The van der Waals surface area contributed by atoms with Gasteiger partial charge in [-0.25, -0.2) is 0 Å². The van der Waals surface area contributed by atoms with Gasteiger partial charge < -0.3 is 4.57 Å². The van der Waals surface area contributed by atoms with E-state index in [0.717, 1.165) is 10.6 Å². The summed E-state index contributed by atoms with van der Waals surface area (Å²) in [4.78, 5) is 0. The van der Waals surface area contributed by atoms with Gasteiger partial charge in [-0.2, -0.15) is 5.10 Å². The van der Waals surface area contributed by atoms with Gasteiger partial charge in [0.15, 0.2) is 0 Å². The lowest BCUT2D eigenvalue weighted by molar-refractivity contribution is 0.737. The van der Waals surface area contributed by atoms with Crippen molar-refractivity contribution in [1.82, 2.24) is 9.99 Å². The predicted molar refractivity (Wildman–Crippen MR) is 114 cm³/mol. The van der Waals surface area contributed by atoms with Crippen molar-refractivity contribution in [2.24, 2.45) is 5.10 Å². The minimum atomic E-state index is 0.151. The molecule has 0 amide bonds. The van der Waals surface area contributed by atoms with Crippen LogP contribution in [-0.4, -0.2) is 9.61 Å². The first-order chi connectivity index (χ1) is 12.1. The van der Waals surface area contributed by atoms with Gasteiger partial charge in [0.05, 0.1) is 0 Å². The number of hydrogen-bond donors (Lipinski definition) is 1. The third kappa shape index (κ3) is 3.22. The number of thioether (sulfide) groups is 1. The molecule has 0 spiro atoms. The average Bonchev–Trinajstić information content (AvgIpc) is 3.20. The molecule has 1 atom stereocenters. The Morgan fingerprint density at radius 1 is 1.04 bits per heavy atom. The van der Waals surface area contributed by atoms with Gasteiger partial charge in [0.25, 0.3) is 0 Å². The lowest BCUT2D eigenvalue weighted by Crippen LogP contribution is -2.08. The summed E-state index contributed by atoms with van der Waals surface area (Å²) in [5, 5.41) is 5.75. The molecule has 2 aromatic carbocycles.